The first-order valence-corrected chi connectivity index (χ1v) is 10.9. The van der Waals surface area contributed by atoms with E-state index in [4.69, 9.17) is 4.74 Å². The lowest BCUT2D eigenvalue weighted by molar-refractivity contribution is -0.149. The maximum Gasteiger partial charge on any atom is 0.310 e. The summed E-state index contributed by atoms with van der Waals surface area (Å²) in [6.45, 7) is 0.0777. The Morgan fingerprint density at radius 2 is 1.90 bits per heavy atom. The molecule has 1 spiro atoms. The zero-order chi connectivity index (χ0) is 21.8. The molecule has 0 aromatic heterocycles. The molecule has 164 valence electrons. The Morgan fingerprint density at radius 1 is 1.19 bits per heavy atom. The molecule has 31 heavy (non-hydrogen) atoms. The molecule has 4 aliphatic rings. The van der Waals surface area contributed by atoms with Gasteiger partial charge in [0.2, 0.25) is 11.8 Å². The van der Waals surface area contributed by atoms with Crippen molar-refractivity contribution in [3.63, 3.8) is 0 Å². The Hall–Kier alpha value is -2.74. The second kappa shape index (κ2) is 7.44. The molecule has 3 aliphatic heterocycles. The number of carboxylic acid groups (broad SMARTS) is 1. The Balaban J connectivity index is 1.49. The number of halogens is 1. The Labute approximate surface area is 179 Å². The summed E-state index contributed by atoms with van der Waals surface area (Å²) in [5, 5.41) is 12.8. The molecule has 1 saturated carbocycles. The van der Waals surface area contributed by atoms with E-state index in [1.807, 2.05) is 0 Å². The van der Waals surface area contributed by atoms with Crippen molar-refractivity contribution in [2.24, 2.45) is 11.8 Å². The van der Waals surface area contributed by atoms with Crippen LogP contribution in [0.1, 0.15) is 37.7 Å². The molecule has 2 saturated heterocycles. The predicted molar refractivity (Wildman–Crippen MR) is 107 cm³/mol. The van der Waals surface area contributed by atoms with Gasteiger partial charge in [0.15, 0.2) is 0 Å². The number of nitrogens with zero attached hydrogens (tertiary/aromatic N) is 1. The highest BCUT2D eigenvalue weighted by Gasteiger charge is 2.73. The fourth-order valence-corrected chi connectivity index (χ4v) is 5.73. The summed E-state index contributed by atoms with van der Waals surface area (Å²) < 4.78 is 19.4. The molecule has 7 nitrogen and oxygen atoms in total. The number of nitrogens with one attached hydrogen (secondary N) is 1. The molecule has 3 fully saturated rings. The molecule has 2 amide bonds. The quantitative estimate of drug-likeness (QED) is 0.700. The van der Waals surface area contributed by atoms with Crippen molar-refractivity contribution >= 4 is 17.8 Å². The van der Waals surface area contributed by atoms with E-state index in [-0.39, 0.29) is 18.5 Å². The predicted octanol–water partition coefficient (Wildman–Crippen LogP) is 2.01. The topological polar surface area (TPSA) is 95.9 Å². The highest BCUT2D eigenvalue weighted by atomic mass is 19.1. The van der Waals surface area contributed by atoms with Crippen LogP contribution in [0.15, 0.2) is 36.4 Å². The van der Waals surface area contributed by atoms with Gasteiger partial charge in [-0.2, -0.15) is 0 Å². The molecule has 5 rings (SSSR count). The van der Waals surface area contributed by atoms with Crippen LogP contribution in [0.5, 0.6) is 0 Å². The zero-order valence-corrected chi connectivity index (χ0v) is 17.0. The van der Waals surface area contributed by atoms with E-state index in [1.54, 1.807) is 24.3 Å². The number of rotatable bonds is 5. The molecule has 1 aromatic carbocycles. The number of hydrogen-bond acceptors (Lipinski definition) is 4. The molecule has 2 bridgehead atoms. The van der Waals surface area contributed by atoms with Crippen molar-refractivity contribution in [3.05, 3.63) is 47.8 Å². The van der Waals surface area contributed by atoms with Gasteiger partial charge in [-0.15, -0.1) is 0 Å². The van der Waals surface area contributed by atoms with Crippen LogP contribution in [-0.2, 0) is 25.7 Å². The standard InChI is InChI=1S/C23H25FN2O5/c24-14-8-6-13(7-9-14)12-26-19(20(27)25-15-4-2-1-3-5-15)23-11-10-16(31-23)17(22(29)30)18(23)21(26)28/h6-11,15-19H,1-5,12H2,(H,25,27)(H,29,30). The lowest BCUT2D eigenvalue weighted by Gasteiger charge is -2.34. The Morgan fingerprint density at radius 3 is 2.58 bits per heavy atom. The molecule has 2 N–H and O–H groups in total. The van der Waals surface area contributed by atoms with Crippen LogP contribution >= 0.6 is 0 Å². The summed E-state index contributed by atoms with van der Waals surface area (Å²) >= 11 is 0. The van der Waals surface area contributed by atoms with Gasteiger partial charge in [-0.3, -0.25) is 14.4 Å². The number of fused-ring (bicyclic) bond motifs is 1. The third-order valence-corrected chi connectivity index (χ3v) is 7.13. The average Bonchev–Trinajstić information content (AvgIpc) is 3.38. The van der Waals surface area contributed by atoms with Crippen LogP contribution < -0.4 is 5.32 Å². The van der Waals surface area contributed by atoms with Crippen LogP contribution in [0.3, 0.4) is 0 Å². The number of amides is 2. The molecule has 1 aliphatic carbocycles. The number of carboxylic acids is 1. The third-order valence-electron chi connectivity index (χ3n) is 7.13. The SMILES string of the molecule is O=C(O)C1C2C=CC3(O2)C1C(=O)N(Cc1ccc(F)cc1)C3C(=O)NC1CCCCC1. The van der Waals surface area contributed by atoms with Gasteiger partial charge in [0.05, 0.1) is 12.0 Å². The van der Waals surface area contributed by atoms with Crippen LogP contribution in [0.2, 0.25) is 0 Å². The molecule has 8 heteroatoms. The van der Waals surface area contributed by atoms with Gasteiger partial charge >= 0.3 is 5.97 Å². The minimum Gasteiger partial charge on any atom is -0.481 e. The molecule has 5 atom stereocenters. The number of ether oxygens (including phenoxy) is 1. The van der Waals surface area contributed by atoms with Crippen molar-refractivity contribution in [2.75, 3.05) is 0 Å². The van der Waals surface area contributed by atoms with E-state index in [9.17, 15) is 23.9 Å². The van der Waals surface area contributed by atoms with Crippen LogP contribution in [0.25, 0.3) is 0 Å². The first-order valence-electron chi connectivity index (χ1n) is 10.9. The fraction of sp³-hybridized carbons (Fsp3) is 0.522. The normalized spacial score (nSPS) is 34.2. The summed E-state index contributed by atoms with van der Waals surface area (Å²) in [4.78, 5) is 40.3. The average molecular weight is 428 g/mol. The van der Waals surface area contributed by atoms with E-state index >= 15 is 0 Å². The maximum absolute atomic E-state index is 13.5. The van der Waals surface area contributed by atoms with Crippen molar-refractivity contribution in [2.45, 2.75) is 62.4 Å². The largest absolute Gasteiger partial charge is 0.481 e. The van der Waals surface area contributed by atoms with Gasteiger partial charge in [-0.05, 0) is 30.5 Å². The van der Waals surface area contributed by atoms with Gasteiger partial charge in [-0.25, -0.2) is 4.39 Å². The summed E-state index contributed by atoms with van der Waals surface area (Å²) in [7, 11) is 0. The van der Waals surface area contributed by atoms with E-state index in [1.165, 1.54) is 17.0 Å². The number of carbonyl (C=O) groups excluding carboxylic acids is 2. The minimum absolute atomic E-state index is 0.0392. The summed E-state index contributed by atoms with van der Waals surface area (Å²) in [5.74, 6) is -4.21. The highest BCUT2D eigenvalue weighted by molar-refractivity contribution is 5.99. The first-order chi connectivity index (χ1) is 14.9. The van der Waals surface area contributed by atoms with E-state index in [2.05, 4.69) is 5.32 Å². The van der Waals surface area contributed by atoms with Crippen molar-refractivity contribution in [1.82, 2.24) is 10.2 Å². The van der Waals surface area contributed by atoms with Crippen LogP contribution in [-0.4, -0.2) is 51.6 Å². The molecule has 1 aromatic rings. The van der Waals surface area contributed by atoms with Crippen molar-refractivity contribution in [1.29, 1.82) is 0 Å². The molecule has 0 radical (unpaired) electrons. The lowest BCUT2D eigenvalue weighted by Crippen LogP contribution is -2.56. The Kier molecular flexibility index (Phi) is 4.84. The third kappa shape index (κ3) is 3.15. The molecular formula is C23H25FN2O5. The number of hydrogen-bond donors (Lipinski definition) is 2. The van der Waals surface area contributed by atoms with Gasteiger partial charge in [0.1, 0.15) is 23.4 Å². The van der Waals surface area contributed by atoms with E-state index in [0.717, 1.165) is 32.1 Å². The second-order valence-electron chi connectivity index (χ2n) is 8.98. The molecular weight excluding hydrogens is 403 g/mol. The van der Waals surface area contributed by atoms with Crippen molar-refractivity contribution < 1.29 is 28.6 Å². The van der Waals surface area contributed by atoms with Crippen LogP contribution in [0, 0.1) is 17.7 Å². The minimum atomic E-state index is -1.29. The molecule has 3 heterocycles. The van der Waals surface area contributed by atoms with Crippen molar-refractivity contribution in [3.8, 4) is 0 Å². The summed E-state index contributed by atoms with van der Waals surface area (Å²) in [5.41, 5.74) is -0.629. The maximum atomic E-state index is 13.5. The van der Waals surface area contributed by atoms with E-state index in [0.29, 0.717) is 5.56 Å². The highest BCUT2D eigenvalue weighted by Crippen LogP contribution is 2.55. The van der Waals surface area contributed by atoms with Gasteiger partial charge in [-0.1, -0.05) is 43.5 Å². The van der Waals surface area contributed by atoms with Gasteiger partial charge < -0.3 is 20.1 Å². The van der Waals surface area contributed by atoms with Gasteiger partial charge in [0, 0.05) is 12.6 Å². The first kappa shape index (κ1) is 20.2. The summed E-state index contributed by atoms with van der Waals surface area (Å²) in [6, 6.07) is 4.79. The number of aliphatic carboxylic acids is 1. The molecule has 5 unspecified atom stereocenters. The zero-order valence-electron chi connectivity index (χ0n) is 17.0. The number of carbonyl (C=O) groups is 3. The smallest absolute Gasteiger partial charge is 0.310 e. The monoisotopic (exact) mass is 428 g/mol. The lowest BCUT2D eigenvalue weighted by atomic mass is 9.74. The van der Waals surface area contributed by atoms with Gasteiger partial charge in [0.25, 0.3) is 0 Å². The summed E-state index contributed by atoms with van der Waals surface area (Å²) in [6.07, 6.45) is 7.65. The fourth-order valence-electron chi connectivity index (χ4n) is 5.73. The van der Waals surface area contributed by atoms with Crippen LogP contribution in [0.4, 0.5) is 4.39 Å². The number of benzene rings is 1. The second-order valence-corrected chi connectivity index (χ2v) is 8.98. The number of likely N-dealkylation sites (tertiary alicyclic amines) is 1. The van der Waals surface area contributed by atoms with E-state index < -0.39 is 47.3 Å². The Bertz CT molecular complexity index is 942.